The van der Waals surface area contributed by atoms with Crippen LogP contribution in [-0.2, 0) is 0 Å². The van der Waals surface area contributed by atoms with Crippen LogP contribution < -0.4 is 10.1 Å². The second kappa shape index (κ2) is 8.81. The molecule has 0 aliphatic heterocycles. The first kappa shape index (κ1) is 19.9. The second-order valence-corrected chi connectivity index (χ2v) is 8.42. The van der Waals surface area contributed by atoms with Crippen molar-refractivity contribution in [1.29, 1.82) is 0 Å². The van der Waals surface area contributed by atoms with Gasteiger partial charge >= 0.3 is 0 Å². The first-order chi connectivity index (χ1) is 11.8. The molecule has 0 amide bonds. The third-order valence-corrected chi connectivity index (χ3v) is 4.89. The fourth-order valence-corrected chi connectivity index (χ4v) is 3.38. The average Bonchev–Trinajstić information content (AvgIpc) is 2.58. The number of aliphatic hydroxyl groups is 1. The predicted octanol–water partition coefficient (Wildman–Crippen LogP) is 3.04. The van der Waals surface area contributed by atoms with Gasteiger partial charge < -0.3 is 15.2 Å². The molecule has 4 heteroatoms. The molecule has 140 valence electrons. The Morgan fingerprint density at radius 3 is 2.56 bits per heavy atom. The fourth-order valence-electron chi connectivity index (χ4n) is 3.38. The molecular formula is C21H34NO3+. The van der Waals surface area contributed by atoms with E-state index in [0.29, 0.717) is 23.8 Å². The van der Waals surface area contributed by atoms with Gasteiger partial charge in [-0.2, -0.15) is 0 Å². The van der Waals surface area contributed by atoms with Crippen molar-refractivity contribution in [3.63, 3.8) is 0 Å². The zero-order chi connectivity index (χ0) is 18.4. The summed E-state index contributed by atoms with van der Waals surface area (Å²) in [6, 6.07) is 5.99. The standard InChI is InChI=1S/C21H33NO3/c1-15(23)19-12-17(16-8-6-5-7-9-16)10-11-20(19)25-14-18(24)13-22-21(2,3)4/h10-12,16,18,22,24H,5-9,13-14H2,1-4H3/p+1/t18-/m0/s1. The van der Waals surface area contributed by atoms with Gasteiger partial charge in [0, 0.05) is 0 Å². The number of Topliss-reactive ketones (excluding diaryl/α,β-unsaturated/α-hetero) is 1. The lowest BCUT2D eigenvalue weighted by molar-refractivity contribution is -0.722. The van der Waals surface area contributed by atoms with Gasteiger partial charge in [-0.05, 0) is 64.2 Å². The minimum absolute atomic E-state index is 0.0170. The van der Waals surface area contributed by atoms with E-state index in [1.165, 1.54) is 37.7 Å². The van der Waals surface area contributed by atoms with Crippen LogP contribution in [0.3, 0.4) is 0 Å². The van der Waals surface area contributed by atoms with Crippen LogP contribution in [0.25, 0.3) is 0 Å². The highest BCUT2D eigenvalue weighted by Crippen LogP contribution is 2.34. The molecule has 0 bridgehead atoms. The fraction of sp³-hybridized carbons (Fsp3) is 0.667. The minimum atomic E-state index is -0.558. The number of quaternary nitrogens is 1. The lowest BCUT2D eigenvalue weighted by atomic mass is 9.83. The van der Waals surface area contributed by atoms with Crippen LogP contribution in [0, 0.1) is 0 Å². The van der Waals surface area contributed by atoms with Gasteiger partial charge in [0.25, 0.3) is 0 Å². The predicted molar refractivity (Wildman–Crippen MR) is 100 cm³/mol. The highest BCUT2D eigenvalue weighted by Gasteiger charge is 2.20. The van der Waals surface area contributed by atoms with Gasteiger partial charge in [0.05, 0.1) is 11.1 Å². The van der Waals surface area contributed by atoms with Crippen molar-refractivity contribution in [3.05, 3.63) is 29.3 Å². The smallest absolute Gasteiger partial charge is 0.163 e. The number of carbonyl (C=O) groups is 1. The van der Waals surface area contributed by atoms with Gasteiger partial charge in [0.2, 0.25) is 0 Å². The van der Waals surface area contributed by atoms with Crippen LogP contribution in [0.1, 0.15) is 81.6 Å². The molecule has 0 spiro atoms. The summed E-state index contributed by atoms with van der Waals surface area (Å²) in [7, 11) is 0. The molecule has 1 aromatic carbocycles. The first-order valence-electron chi connectivity index (χ1n) is 9.56. The molecule has 1 atom stereocenters. The number of rotatable bonds is 7. The number of ether oxygens (including phenoxy) is 1. The normalized spacial score (nSPS) is 17.3. The maximum absolute atomic E-state index is 12.1. The molecule has 0 aromatic heterocycles. The van der Waals surface area contributed by atoms with E-state index in [1.807, 2.05) is 12.1 Å². The Labute approximate surface area is 152 Å². The highest BCUT2D eigenvalue weighted by atomic mass is 16.5. The van der Waals surface area contributed by atoms with Crippen molar-refractivity contribution in [3.8, 4) is 5.75 Å². The molecule has 1 fully saturated rings. The quantitative estimate of drug-likeness (QED) is 0.745. The summed E-state index contributed by atoms with van der Waals surface area (Å²) in [4.78, 5) is 12.1. The third-order valence-electron chi connectivity index (χ3n) is 4.89. The number of hydrogen-bond donors (Lipinski definition) is 2. The molecule has 0 radical (unpaired) electrons. The van der Waals surface area contributed by atoms with E-state index >= 15 is 0 Å². The summed E-state index contributed by atoms with van der Waals surface area (Å²) in [5.41, 5.74) is 1.96. The molecule has 0 unspecified atom stereocenters. The van der Waals surface area contributed by atoms with Crippen molar-refractivity contribution in [2.24, 2.45) is 0 Å². The van der Waals surface area contributed by atoms with E-state index in [0.717, 1.165) is 0 Å². The maximum atomic E-state index is 12.1. The number of aliphatic hydroxyl groups excluding tert-OH is 1. The molecule has 4 nitrogen and oxygen atoms in total. The molecule has 1 aliphatic rings. The lowest BCUT2D eigenvalue weighted by Crippen LogP contribution is -2.96. The number of nitrogens with two attached hydrogens (primary N) is 1. The second-order valence-electron chi connectivity index (χ2n) is 8.42. The monoisotopic (exact) mass is 348 g/mol. The van der Waals surface area contributed by atoms with Crippen LogP contribution in [0.2, 0.25) is 0 Å². The van der Waals surface area contributed by atoms with Gasteiger partial charge in [-0.3, -0.25) is 4.79 Å². The Balaban J connectivity index is 2.01. The van der Waals surface area contributed by atoms with Crippen molar-refractivity contribution in [1.82, 2.24) is 0 Å². The Bertz CT molecular complexity index is 571. The van der Waals surface area contributed by atoms with Gasteiger partial charge in [-0.1, -0.05) is 25.3 Å². The first-order valence-corrected chi connectivity index (χ1v) is 9.56. The SMILES string of the molecule is CC(=O)c1cc(C2CCCCC2)ccc1OC[C@@H](O)C[NH2+]C(C)(C)C. The summed E-state index contributed by atoms with van der Waals surface area (Å²) in [5, 5.41) is 12.2. The maximum Gasteiger partial charge on any atom is 0.163 e. The molecule has 3 N–H and O–H groups in total. The Hall–Kier alpha value is -1.39. The van der Waals surface area contributed by atoms with Crippen LogP contribution >= 0.6 is 0 Å². The van der Waals surface area contributed by atoms with Crippen molar-refractivity contribution >= 4 is 5.78 Å². The Morgan fingerprint density at radius 1 is 1.28 bits per heavy atom. The van der Waals surface area contributed by atoms with E-state index in [-0.39, 0.29) is 17.9 Å². The summed E-state index contributed by atoms with van der Waals surface area (Å²) < 4.78 is 5.78. The largest absolute Gasteiger partial charge is 0.490 e. The minimum Gasteiger partial charge on any atom is -0.490 e. The summed E-state index contributed by atoms with van der Waals surface area (Å²) in [5.74, 6) is 1.16. The Kier molecular flexibility index (Phi) is 7.03. The molecule has 0 saturated heterocycles. The van der Waals surface area contributed by atoms with Crippen molar-refractivity contribution in [2.75, 3.05) is 13.2 Å². The van der Waals surface area contributed by atoms with Gasteiger partial charge in [0.15, 0.2) is 5.78 Å². The van der Waals surface area contributed by atoms with Crippen LogP contribution in [0.5, 0.6) is 5.75 Å². The molecule has 1 saturated carbocycles. The number of carbonyl (C=O) groups excluding carboxylic acids is 1. The lowest BCUT2D eigenvalue weighted by Gasteiger charge is -2.23. The molecule has 2 rings (SSSR count). The number of hydrogen-bond acceptors (Lipinski definition) is 3. The zero-order valence-corrected chi connectivity index (χ0v) is 16.2. The van der Waals surface area contributed by atoms with E-state index in [2.05, 4.69) is 32.2 Å². The third kappa shape index (κ3) is 6.44. The summed E-state index contributed by atoms with van der Waals surface area (Å²) in [6.45, 7) is 8.70. The molecule has 1 aliphatic carbocycles. The van der Waals surface area contributed by atoms with Crippen LogP contribution in [0.4, 0.5) is 0 Å². The highest BCUT2D eigenvalue weighted by molar-refractivity contribution is 5.97. The molecular weight excluding hydrogens is 314 g/mol. The number of benzene rings is 1. The summed E-state index contributed by atoms with van der Waals surface area (Å²) >= 11 is 0. The van der Waals surface area contributed by atoms with E-state index in [4.69, 9.17) is 4.74 Å². The van der Waals surface area contributed by atoms with Crippen molar-refractivity contribution in [2.45, 2.75) is 77.4 Å². The average molecular weight is 349 g/mol. The van der Waals surface area contributed by atoms with Crippen LogP contribution in [0.15, 0.2) is 18.2 Å². The van der Waals surface area contributed by atoms with Crippen molar-refractivity contribution < 1.29 is 20.0 Å². The van der Waals surface area contributed by atoms with E-state index < -0.39 is 6.10 Å². The van der Waals surface area contributed by atoms with Gasteiger partial charge in [-0.15, -0.1) is 0 Å². The molecule has 0 heterocycles. The van der Waals surface area contributed by atoms with E-state index in [1.54, 1.807) is 6.92 Å². The molecule has 25 heavy (non-hydrogen) atoms. The zero-order valence-electron chi connectivity index (χ0n) is 16.2. The Morgan fingerprint density at radius 2 is 1.96 bits per heavy atom. The number of ketones is 1. The summed E-state index contributed by atoms with van der Waals surface area (Å²) in [6.07, 6.45) is 5.72. The van der Waals surface area contributed by atoms with Gasteiger partial charge in [0.1, 0.15) is 25.0 Å². The topological polar surface area (TPSA) is 63.1 Å². The van der Waals surface area contributed by atoms with Crippen LogP contribution in [-0.4, -0.2) is 35.7 Å². The molecule has 1 aromatic rings. The van der Waals surface area contributed by atoms with E-state index in [9.17, 15) is 9.90 Å². The van der Waals surface area contributed by atoms with Gasteiger partial charge in [-0.25, -0.2) is 0 Å².